The van der Waals surface area contributed by atoms with Gasteiger partial charge in [0, 0.05) is 6.04 Å². The summed E-state index contributed by atoms with van der Waals surface area (Å²) in [5.74, 6) is 0.868. The first-order valence-corrected chi connectivity index (χ1v) is 7.65. The first-order chi connectivity index (χ1) is 9.12. The fourth-order valence-electron chi connectivity index (χ4n) is 1.96. The van der Waals surface area contributed by atoms with Crippen molar-refractivity contribution in [2.24, 2.45) is 0 Å². The predicted octanol–water partition coefficient (Wildman–Crippen LogP) is 4.85. The minimum atomic E-state index is 0.328. The molecule has 19 heavy (non-hydrogen) atoms. The molecule has 3 heteroatoms. The third kappa shape index (κ3) is 5.00. The standard InChI is InChI=1S/C16H24BrNO/c1-5-9-18-15(10-12(3)6-2)13-7-8-16(19-4)14(17)11-13/h7-8,11,15,18H,3,5-6,9-10H2,1-2,4H3. The Morgan fingerprint density at radius 2 is 2.16 bits per heavy atom. The topological polar surface area (TPSA) is 21.3 Å². The van der Waals surface area contributed by atoms with Gasteiger partial charge in [-0.15, -0.1) is 0 Å². The van der Waals surface area contributed by atoms with Crippen LogP contribution in [-0.4, -0.2) is 13.7 Å². The fraction of sp³-hybridized carbons (Fsp3) is 0.500. The molecule has 0 fully saturated rings. The molecule has 0 aromatic heterocycles. The molecule has 2 nitrogen and oxygen atoms in total. The molecule has 1 aromatic carbocycles. The van der Waals surface area contributed by atoms with Gasteiger partial charge in [-0.25, -0.2) is 0 Å². The van der Waals surface area contributed by atoms with Crippen molar-refractivity contribution in [3.8, 4) is 5.75 Å². The molecule has 0 spiro atoms. The fourth-order valence-corrected chi connectivity index (χ4v) is 2.52. The Hall–Kier alpha value is -0.800. The van der Waals surface area contributed by atoms with Crippen molar-refractivity contribution in [2.75, 3.05) is 13.7 Å². The molecule has 0 aliphatic rings. The number of ether oxygens (including phenoxy) is 1. The number of methoxy groups -OCH3 is 1. The highest BCUT2D eigenvalue weighted by atomic mass is 79.9. The van der Waals surface area contributed by atoms with Crippen LogP contribution in [0.2, 0.25) is 0 Å². The summed E-state index contributed by atoms with van der Waals surface area (Å²) in [6, 6.07) is 6.60. The van der Waals surface area contributed by atoms with Gasteiger partial charge in [0.25, 0.3) is 0 Å². The molecule has 1 aromatic rings. The second-order valence-electron chi connectivity index (χ2n) is 4.71. The molecule has 0 saturated carbocycles. The minimum absolute atomic E-state index is 0.328. The van der Waals surface area contributed by atoms with E-state index >= 15 is 0 Å². The molecule has 1 N–H and O–H groups in total. The summed E-state index contributed by atoms with van der Waals surface area (Å²) in [5, 5.41) is 3.59. The van der Waals surface area contributed by atoms with Gasteiger partial charge < -0.3 is 10.1 Å². The van der Waals surface area contributed by atoms with Gasteiger partial charge in [-0.05, 0) is 59.4 Å². The van der Waals surface area contributed by atoms with E-state index in [0.29, 0.717) is 6.04 Å². The van der Waals surface area contributed by atoms with Crippen molar-refractivity contribution in [3.05, 3.63) is 40.4 Å². The third-order valence-electron chi connectivity index (χ3n) is 3.21. The number of hydrogen-bond acceptors (Lipinski definition) is 2. The number of rotatable bonds is 8. The van der Waals surface area contributed by atoms with Crippen LogP contribution >= 0.6 is 15.9 Å². The Kier molecular flexibility index (Phi) is 7.17. The van der Waals surface area contributed by atoms with Crippen LogP contribution < -0.4 is 10.1 Å². The van der Waals surface area contributed by atoms with E-state index in [2.05, 4.69) is 53.8 Å². The Morgan fingerprint density at radius 3 is 2.68 bits per heavy atom. The summed E-state index contributed by atoms with van der Waals surface area (Å²) in [7, 11) is 1.69. The van der Waals surface area contributed by atoms with Crippen molar-refractivity contribution >= 4 is 15.9 Å². The van der Waals surface area contributed by atoms with E-state index in [1.54, 1.807) is 7.11 Å². The minimum Gasteiger partial charge on any atom is -0.496 e. The van der Waals surface area contributed by atoms with Crippen molar-refractivity contribution in [1.82, 2.24) is 5.32 Å². The van der Waals surface area contributed by atoms with Crippen LogP contribution in [-0.2, 0) is 0 Å². The van der Waals surface area contributed by atoms with Gasteiger partial charge in [0.1, 0.15) is 5.75 Å². The van der Waals surface area contributed by atoms with Gasteiger partial charge in [-0.3, -0.25) is 0 Å². The van der Waals surface area contributed by atoms with Crippen molar-refractivity contribution < 1.29 is 4.74 Å². The molecule has 0 bridgehead atoms. The molecule has 0 radical (unpaired) electrons. The van der Waals surface area contributed by atoms with Crippen LogP contribution in [0.1, 0.15) is 44.7 Å². The van der Waals surface area contributed by atoms with E-state index in [4.69, 9.17) is 4.74 Å². The average molecular weight is 326 g/mol. The van der Waals surface area contributed by atoms with Crippen LogP contribution in [0.3, 0.4) is 0 Å². The Labute approximate surface area is 125 Å². The largest absolute Gasteiger partial charge is 0.496 e. The Balaban J connectivity index is 2.89. The summed E-state index contributed by atoms with van der Waals surface area (Å²) in [4.78, 5) is 0. The lowest BCUT2D eigenvalue weighted by atomic mass is 9.98. The summed E-state index contributed by atoms with van der Waals surface area (Å²) in [6.45, 7) is 9.48. The third-order valence-corrected chi connectivity index (χ3v) is 3.83. The molecule has 0 heterocycles. The van der Waals surface area contributed by atoms with Gasteiger partial charge in [0.05, 0.1) is 11.6 Å². The predicted molar refractivity (Wildman–Crippen MR) is 85.8 cm³/mol. The summed E-state index contributed by atoms with van der Waals surface area (Å²) >= 11 is 3.55. The van der Waals surface area contributed by atoms with E-state index in [-0.39, 0.29) is 0 Å². The first-order valence-electron chi connectivity index (χ1n) is 6.85. The maximum absolute atomic E-state index is 5.28. The average Bonchev–Trinajstić information content (AvgIpc) is 2.43. The zero-order chi connectivity index (χ0) is 14.3. The van der Waals surface area contributed by atoms with Crippen molar-refractivity contribution in [1.29, 1.82) is 0 Å². The maximum atomic E-state index is 5.28. The summed E-state index contributed by atoms with van der Waals surface area (Å²) in [6.07, 6.45) is 3.14. The van der Waals surface area contributed by atoms with Crippen molar-refractivity contribution in [3.63, 3.8) is 0 Å². The molecule has 0 aliphatic heterocycles. The molecule has 1 rings (SSSR count). The van der Waals surface area contributed by atoms with Crippen LogP contribution in [0, 0.1) is 0 Å². The van der Waals surface area contributed by atoms with E-state index in [1.807, 2.05) is 6.07 Å². The lowest BCUT2D eigenvalue weighted by Crippen LogP contribution is -2.22. The lowest BCUT2D eigenvalue weighted by molar-refractivity contribution is 0.411. The second-order valence-corrected chi connectivity index (χ2v) is 5.56. The summed E-state index contributed by atoms with van der Waals surface area (Å²) < 4.78 is 6.28. The molecular weight excluding hydrogens is 302 g/mol. The normalized spacial score (nSPS) is 12.2. The van der Waals surface area contributed by atoms with E-state index in [0.717, 1.165) is 36.0 Å². The highest BCUT2D eigenvalue weighted by Crippen LogP contribution is 2.30. The molecule has 0 saturated heterocycles. The van der Waals surface area contributed by atoms with Crippen molar-refractivity contribution in [2.45, 2.75) is 39.2 Å². The number of nitrogens with one attached hydrogen (secondary N) is 1. The van der Waals surface area contributed by atoms with Crippen LogP contribution in [0.4, 0.5) is 0 Å². The lowest BCUT2D eigenvalue weighted by Gasteiger charge is -2.20. The summed E-state index contributed by atoms with van der Waals surface area (Å²) in [5.41, 5.74) is 2.55. The number of halogens is 1. The van der Waals surface area contributed by atoms with Crippen LogP contribution in [0.15, 0.2) is 34.8 Å². The smallest absolute Gasteiger partial charge is 0.133 e. The second kappa shape index (κ2) is 8.39. The zero-order valence-corrected chi connectivity index (χ0v) is 13.7. The van der Waals surface area contributed by atoms with Gasteiger partial charge in [-0.2, -0.15) is 0 Å². The zero-order valence-electron chi connectivity index (χ0n) is 12.1. The molecule has 1 unspecified atom stereocenters. The van der Waals surface area contributed by atoms with E-state index < -0.39 is 0 Å². The van der Waals surface area contributed by atoms with Crippen LogP contribution in [0.5, 0.6) is 5.75 Å². The number of benzene rings is 1. The van der Waals surface area contributed by atoms with E-state index in [9.17, 15) is 0 Å². The molecular formula is C16H24BrNO. The van der Waals surface area contributed by atoms with Gasteiger partial charge in [0.15, 0.2) is 0 Å². The first kappa shape index (κ1) is 16.3. The highest BCUT2D eigenvalue weighted by Gasteiger charge is 2.13. The van der Waals surface area contributed by atoms with Gasteiger partial charge in [-0.1, -0.05) is 32.1 Å². The van der Waals surface area contributed by atoms with Gasteiger partial charge >= 0.3 is 0 Å². The monoisotopic (exact) mass is 325 g/mol. The quantitative estimate of drug-likeness (QED) is 0.689. The van der Waals surface area contributed by atoms with E-state index in [1.165, 1.54) is 11.1 Å². The van der Waals surface area contributed by atoms with Crippen LogP contribution in [0.25, 0.3) is 0 Å². The SMILES string of the molecule is C=C(CC)CC(NCCC)c1ccc(OC)c(Br)c1. The van der Waals surface area contributed by atoms with Gasteiger partial charge in [0.2, 0.25) is 0 Å². The maximum Gasteiger partial charge on any atom is 0.133 e. The Bertz CT molecular complexity index is 417. The highest BCUT2D eigenvalue weighted by molar-refractivity contribution is 9.10. The Morgan fingerprint density at radius 1 is 1.42 bits per heavy atom. The molecule has 0 amide bonds. The molecule has 1 atom stereocenters. The molecule has 0 aliphatic carbocycles. The number of hydrogen-bond donors (Lipinski definition) is 1. The molecule has 106 valence electrons.